The van der Waals surface area contributed by atoms with Gasteiger partial charge >= 0.3 is 0 Å². The summed E-state index contributed by atoms with van der Waals surface area (Å²) < 4.78 is 5.28. The summed E-state index contributed by atoms with van der Waals surface area (Å²) in [5, 5.41) is 3.98. The maximum Gasteiger partial charge on any atom is 0.183 e. The molecule has 0 saturated heterocycles. The smallest absolute Gasteiger partial charge is 0.183 e. The topological polar surface area (TPSA) is 43.2 Å². The van der Waals surface area contributed by atoms with Gasteiger partial charge in [-0.05, 0) is 26.2 Å². The van der Waals surface area contributed by atoms with E-state index in [1.54, 1.807) is 7.11 Å². The zero-order chi connectivity index (χ0) is 11.4. The lowest BCUT2D eigenvalue weighted by atomic mass is 9.95. The number of hydrogen-bond acceptors (Lipinski definition) is 4. The van der Waals surface area contributed by atoms with E-state index < -0.39 is 0 Å². The average molecular weight is 224 g/mol. The lowest BCUT2D eigenvalue weighted by molar-refractivity contribution is 0.150. The molecule has 2 heterocycles. The summed E-state index contributed by atoms with van der Waals surface area (Å²) in [7, 11) is 1.71. The normalized spacial score (nSPS) is 30.1. The van der Waals surface area contributed by atoms with Crippen molar-refractivity contribution in [3.63, 3.8) is 0 Å². The Balaban J connectivity index is 1.94. The van der Waals surface area contributed by atoms with E-state index in [0.717, 1.165) is 37.5 Å². The third kappa shape index (κ3) is 2.74. The molecule has 2 aliphatic rings. The Hall–Kier alpha value is -1.06. The fourth-order valence-corrected chi connectivity index (χ4v) is 2.31. The van der Waals surface area contributed by atoms with Crippen LogP contribution in [0.1, 0.15) is 39.0 Å². The monoisotopic (exact) mass is 224 g/mol. The molecule has 2 rings (SSSR count). The van der Waals surface area contributed by atoms with Crippen LogP contribution in [0.2, 0.25) is 0 Å². The van der Waals surface area contributed by atoms with E-state index in [1.807, 2.05) is 6.92 Å². The highest BCUT2D eigenvalue weighted by Gasteiger charge is 2.24. The van der Waals surface area contributed by atoms with Crippen molar-refractivity contribution >= 4 is 11.6 Å². The molecule has 2 unspecified atom stereocenters. The summed E-state index contributed by atoms with van der Waals surface area (Å²) in [6, 6.07) is 0.384. The molecule has 2 aliphatic heterocycles. The van der Waals surface area contributed by atoms with Gasteiger partial charge in [-0.3, -0.25) is 4.99 Å². The van der Waals surface area contributed by atoms with Crippen LogP contribution in [0.15, 0.2) is 10.1 Å². The first-order valence-corrected chi connectivity index (χ1v) is 6.06. The third-order valence-corrected chi connectivity index (χ3v) is 3.37. The molecule has 16 heavy (non-hydrogen) atoms. The third-order valence-electron chi connectivity index (χ3n) is 3.37. The number of ether oxygens (including phenoxy) is 1. The summed E-state index contributed by atoms with van der Waals surface area (Å²) >= 11 is 0. The highest BCUT2D eigenvalue weighted by Crippen LogP contribution is 2.23. The van der Waals surface area contributed by atoms with Gasteiger partial charge in [0.25, 0.3) is 0 Å². The summed E-state index contributed by atoms with van der Waals surface area (Å²) in [5.74, 6) is 1.36. The van der Waals surface area contributed by atoms with Crippen LogP contribution in [0, 0.1) is 5.92 Å². The van der Waals surface area contributed by atoms with Gasteiger partial charge in [0.1, 0.15) is 6.61 Å². The van der Waals surface area contributed by atoms with E-state index in [1.165, 1.54) is 12.8 Å². The second kappa shape index (κ2) is 5.32. The molecule has 4 nitrogen and oxygen atoms in total. The van der Waals surface area contributed by atoms with Gasteiger partial charge in [-0.15, -0.1) is 0 Å². The average Bonchev–Trinajstić information content (AvgIpc) is 2.55. The molecule has 2 atom stereocenters. The fourth-order valence-electron chi connectivity index (χ4n) is 2.31. The molecule has 0 N–H and O–H groups in total. The van der Waals surface area contributed by atoms with Gasteiger partial charge in [-0.2, -0.15) is 0 Å². The molecule has 0 aromatic heterocycles. The standard InChI is InChI=1S/C12H20N2O2/c1-9-10(8-16-14-9)7-11-5-3-4-6-12(13-11)15-2/h10-11H,3-8H2,1-2H3. The summed E-state index contributed by atoms with van der Waals surface area (Å²) in [4.78, 5) is 9.78. The Kier molecular flexibility index (Phi) is 3.80. The number of hydrogen-bond donors (Lipinski definition) is 0. The van der Waals surface area contributed by atoms with Crippen LogP contribution in [0.5, 0.6) is 0 Å². The molecular weight excluding hydrogens is 204 g/mol. The number of oxime groups is 1. The highest BCUT2D eigenvalue weighted by atomic mass is 16.6. The molecular formula is C12H20N2O2. The molecule has 0 fully saturated rings. The van der Waals surface area contributed by atoms with Gasteiger partial charge in [0.05, 0.1) is 18.9 Å². The van der Waals surface area contributed by atoms with Crippen LogP contribution in [-0.2, 0) is 9.57 Å². The summed E-state index contributed by atoms with van der Waals surface area (Å²) in [6.07, 6.45) is 5.63. The maximum absolute atomic E-state index is 5.28. The highest BCUT2D eigenvalue weighted by molar-refractivity contribution is 5.85. The van der Waals surface area contributed by atoms with Crippen molar-refractivity contribution in [3.05, 3.63) is 0 Å². The van der Waals surface area contributed by atoms with Gasteiger partial charge in [-0.1, -0.05) is 11.6 Å². The molecule has 0 bridgehead atoms. The van der Waals surface area contributed by atoms with Crippen LogP contribution in [0.4, 0.5) is 0 Å². The number of rotatable bonds is 2. The molecule has 90 valence electrons. The van der Waals surface area contributed by atoms with Gasteiger partial charge in [-0.25, -0.2) is 0 Å². The number of nitrogens with zero attached hydrogens (tertiary/aromatic N) is 2. The second-order valence-corrected chi connectivity index (χ2v) is 4.59. The lowest BCUT2D eigenvalue weighted by Crippen LogP contribution is -2.18. The van der Waals surface area contributed by atoms with E-state index in [0.29, 0.717) is 12.0 Å². The second-order valence-electron chi connectivity index (χ2n) is 4.59. The van der Waals surface area contributed by atoms with E-state index in [2.05, 4.69) is 10.1 Å². The Morgan fingerprint density at radius 3 is 3.00 bits per heavy atom. The minimum Gasteiger partial charge on any atom is -0.484 e. The maximum atomic E-state index is 5.28. The van der Waals surface area contributed by atoms with Crippen LogP contribution in [0.25, 0.3) is 0 Å². The minimum absolute atomic E-state index is 0.384. The SMILES string of the molecule is COC1=NC(CC2CON=C2C)CCCC1. The van der Waals surface area contributed by atoms with Gasteiger partial charge in [0.15, 0.2) is 5.90 Å². The Morgan fingerprint density at radius 2 is 2.31 bits per heavy atom. The largest absolute Gasteiger partial charge is 0.484 e. The van der Waals surface area contributed by atoms with E-state index >= 15 is 0 Å². The van der Waals surface area contributed by atoms with Crippen LogP contribution in [0.3, 0.4) is 0 Å². The lowest BCUT2D eigenvalue weighted by Gasteiger charge is -2.14. The van der Waals surface area contributed by atoms with Crippen molar-refractivity contribution in [1.82, 2.24) is 0 Å². The summed E-state index contributed by atoms with van der Waals surface area (Å²) in [6.45, 7) is 2.76. The van der Waals surface area contributed by atoms with Crippen molar-refractivity contribution in [2.45, 2.75) is 45.1 Å². The van der Waals surface area contributed by atoms with Gasteiger partial charge in [0, 0.05) is 12.3 Å². The summed E-state index contributed by atoms with van der Waals surface area (Å²) in [5.41, 5.74) is 1.11. The Labute approximate surface area is 96.7 Å². The predicted octanol–water partition coefficient (Wildman–Crippen LogP) is 2.39. The Morgan fingerprint density at radius 1 is 1.44 bits per heavy atom. The molecule has 0 radical (unpaired) electrons. The zero-order valence-electron chi connectivity index (χ0n) is 10.1. The predicted molar refractivity (Wildman–Crippen MR) is 63.9 cm³/mol. The first kappa shape index (κ1) is 11.4. The Bertz CT molecular complexity index is 299. The molecule has 0 aliphatic carbocycles. The van der Waals surface area contributed by atoms with Crippen molar-refractivity contribution in [2.75, 3.05) is 13.7 Å². The molecule has 0 amide bonds. The van der Waals surface area contributed by atoms with Crippen molar-refractivity contribution in [1.29, 1.82) is 0 Å². The minimum atomic E-state index is 0.384. The van der Waals surface area contributed by atoms with Crippen molar-refractivity contribution in [2.24, 2.45) is 16.1 Å². The zero-order valence-corrected chi connectivity index (χ0v) is 10.1. The van der Waals surface area contributed by atoms with Crippen molar-refractivity contribution in [3.8, 4) is 0 Å². The fraction of sp³-hybridized carbons (Fsp3) is 0.833. The quantitative estimate of drug-likeness (QED) is 0.722. The first-order valence-electron chi connectivity index (χ1n) is 6.06. The molecule has 4 heteroatoms. The van der Waals surface area contributed by atoms with Gasteiger partial charge < -0.3 is 9.57 Å². The molecule has 0 spiro atoms. The molecule has 0 aromatic carbocycles. The van der Waals surface area contributed by atoms with Crippen LogP contribution < -0.4 is 0 Å². The van der Waals surface area contributed by atoms with E-state index in [9.17, 15) is 0 Å². The number of aliphatic imine (C=N–C) groups is 1. The van der Waals surface area contributed by atoms with Gasteiger partial charge in [0.2, 0.25) is 0 Å². The van der Waals surface area contributed by atoms with Crippen LogP contribution in [-0.4, -0.2) is 31.4 Å². The molecule has 0 saturated carbocycles. The van der Waals surface area contributed by atoms with E-state index in [-0.39, 0.29) is 0 Å². The van der Waals surface area contributed by atoms with Crippen LogP contribution >= 0.6 is 0 Å². The van der Waals surface area contributed by atoms with E-state index in [4.69, 9.17) is 9.57 Å². The molecule has 0 aromatic rings. The van der Waals surface area contributed by atoms with Crippen molar-refractivity contribution < 1.29 is 9.57 Å². The number of methoxy groups -OCH3 is 1. The first-order chi connectivity index (χ1) is 7.79.